The Bertz CT molecular complexity index is 3610. The molecular weight excluding hydrogens is 673 g/mol. The summed E-state index contributed by atoms with van der Waals surface area (Å²) in [6, 6.07) is 50.7. The average molecular weight is 701 g/mol. The van der Waals surface area contributed by atoms with Crippen molar-refractivity contribution in [2.45, 2.75) is 12.0 Å². The third-order valence-corrected chi connectivity index (χ3v) is 12.2. The van der Waals surface area contributed by atoms with Crippen LogP contribution in [0, 0.1) is 11.3 Å². The van der Waals surface area contributed by atoms with Crippen LogP contribution in [-0.2, 0) is 0 Å². The summed E-state index contributed by atoms with van der Waals surface area (Å²) in [5, 5.41) is 21.7. The SMILES string of the molecule is N#Cc1cc2c3cc4ccc(-c5ccc6c(c5)C5C=CC=CC5O6)cc4cc3n3c4cc5cc(-c6ccc7oc8ccccc8c7c6)ccc5cc4c(c1)c23. The highest BCUT2D eigenvalue weighted by Gasteiger charge is 2.32. The molecule has 0 bridgehead atoms. The number of rotatable bonds is 2. The second-order valence-corrected chi connectivity index (χ2v) is 15.2. The number of furan rings is 1. The largest absolute Gasteiger partial charge is 0.485 e. The van der Waals surface area contributed by atoms with Crippen molar-refractivity contribution in [2.75, 3.05) is 0 Å². The van der Waals surface area contributed by atoms with Crippen LogP contribution in [0.25, 0.3) is 104 Å². The maximum Gasteiger partial charge on any atom is 0.135 e. The summed E-state index contributed by atoms with van der Waals surface area (Å²) in [7, 11) is 0. The Balaban J connectivity index is 1.01. The molecular formula is C51H28N2O2. The van der Waals surface area contributed by atoms with E-state index in [-0.39, 0.29) is 12.0 Å². The number of para-hydroxylation sites is 1. The number of nitriles is 1. The van der Waals surface area contributed by atoms with E-state index in [4.69, 9.17) is 9.15 Å². The summed E-state index contributed by atoms with van der Waals surface area (Å²) >= 11 is 0. The highest BCUT2D eigenvalue weighted by Crippen LogP contribution is 2.45. The molecule has 1 aliphatic carbocycles. The number of benzene rings is 8. The molecule has 0 saturated heterocycles. The highest BCUT2D eigenvalue weighted by atomic mass is 16.5. The highest BCUT2D eigenvalue weighted by molar-refractivity contribution is 6.26. The maximum atomic E-state index is 10.2. The van der Waals surface area contributed by atoms with Crippen molar-refractivity contribution in [3.63, 3.8) is 0 Å². The van der Waals surface area contributed by atoms with E-state index in [1.807, 2.05) is 12.1 Å². The molecule has 4 nitrogen and oxygen atoms in total. The van der Waals surface area contributed by atoms with Gasteiger partial charge in [-0.25, -0.2) is 0 Å². The van der Waals surface area contributed by atoms with Crippen molar-refractivity contribution in [3.8, 4) is 34.1 Å². The van der Waals surface area contributed by atoms with Crippen molar-refractivity contribution in [3.05, 3.63) is 169 Å². The Hall–Kier alpha value is -7.35. The lowest BCUT2D eigenvalue weighted by molar-refractivity contribution is 0.269. The lowest BCUT2D eigenvalue weighted by Gasteiger charge is -2.14. The van der Waals surface area contributed by atoms with Crippen LogP contribution < -0.4 is 4.74 Å². The zero-order valence-electron chi connectivity index (χ0n) is 29.4. The minimum absolute atomic E-state index is 0.0711. The normalized spacial score (nSPS) is 16.3. The number of fused-ring (bicyclic) bond motifs is 14. The minimum atomic E-state index is 0.0711. The molecule has 0 saturated carbocycles. The molecule has 0 radical (unpaired) electrons. The van der Waals surface area contributed by atoms with E-state index in [9.17, 15) is 5.26 Å². The van der Waals surface area contributed by atoms with Gasteiger partial charge in [0.25, 0.3) is 0 Å². The predicted molar refractivity (Wildman–Crippen MR) is 224 cm³/mol. The quantitative estimate of drug-likeness (QED) is 0.180. The van der Waals surface area contributed by atoms with Crippen LogP contribution in [0.5, 0.6) is 5.75 Å². The van der Waals surface area contributed by atoms with Gasteiger partial charge in [-0.1, -0.05) is 72.8 Å². The molecule has 8 aromatic carbocycles. The van der Waals surface area contributed by atoms with Crippen LogP contribution in [0.3, 0.4) is 0 Å². The fourth-order valence-corrected chi connectivity index (χ4v) is 9.58. The Kier molecular flexibility index (Phi) is 5.51. The van der Waals surface area contributed by atoms with Gasteiger partial charge in [-0.2, -0.15) is 5.26 Å². The minimum Gasteiger partial charge on any atom is -0.485 e. The molecule has 13 rings (SSSR count). The molecule has 2 aliphatic rings. The van der Waals surface area contributed by atoms with Crippen molar-refractivity contribution in [1.29, 1.82) is 5.26 Å². The van der Waals surface area contributed by atoms with Gasteiger partial charge in [0.15, 0.2) is 0 Å². The first kappa shape index (κ1) is 29.1. The average Bonchev–Trinajstić information content (AvgIpc) is 3.97. The van der Waals surface area contributed by atoms with Gasteiger partial charge in [0, 0.05) is 43.8 Å². The van der Waals surface area contributed by atoms with E-state index in [1.165, 1.54) is 38.2 Å². The smallest absolute Gasteiger partial charge is 0.135 e. The van der Waals surface area contributed by atoms with Crippen LogP contribution in [0.4, 0.5) is 0 Å². The van der Waals surface area contributed by atoms with Gasteiger partial charge in [0.2, 0.25) is 0 Å². The molecule has 3 aromatic heterocycles. The van der Waals surface area contributed by atoms with Gasteiger partial charge in [0.05, 0.1) is 28.2 Å². The van der Waals surface area contributed by atoms with E-state index >= 15 is 0 Å². The first-order valence-electron chi connectivity index (χ1n) is 18.8. The summed E-state index contributed by atoms with van der Waals surface area (Å²) in [5.41, 5.74) is 11.9. The second-order valence-electron chi connectivity index (χ2n) is 15.2. The lowest BCUT2D eigenvalue weighted by atomic mass is 9.90. The van der Waals surface area contributed by atoms with Gasteiger partial charge < -0.3 is 13.6 Å². The molecule has 0 fully saturated rings. The fraction of sp³-hybridized carbons (Fsp3) is 0.0392. The molecule has 0 spiro atoms. The third kappa shape index (κ3) is 3.99. The Morgan fingerprint density at radius 1 is 0.509 bits per heavy atom. The zero-order chi connectivity index (χ0) is 35.9. The molecule has 4 heteroatoms. The summed E-state index contributed by atoms with van der Waals surface area (Å²) in [4.78, 5) is 0. The maximum absolute atomic E-state index is 10.2. The number of ether oxygens (including phenoxy) is 1. The van der Waals surface area contributed by atoms with Gasteiger partial charge in [-0.3, -0.25) is 0 Å². The fourth-order valence-electron chi connectivity index (χ4n) is 9.58. The van der Waals surface area contributed by atoms with Gasteiger partial charge in [0.1, 0.15) is 23.0 Å². The van der Waals surface area contributed by atoms with E-state index in [0.29, 0.717) is 5.56 Å². The molecule has 2 atom stereocenters. The number of hydrogen-bond donors (Lipinski definition) is 0. The molecule has 55 heavy (non-hydrogen) atoms. The van der Waals surface area contributed by atoms with Crippen LogP contribution >= 0.6 is 0 Å². The van der Waals surface area contributed by atoms with Crippen molar-refractivity contribution in [1.82, 2.24) is 4.40 Å². The molecule has 2 unspecified atom stereocenters. The van der Waals surface area contributed by atoms with Crippen LogP contribution in [0.15, 0.2) is 162 Å². The Morgan fingerprint density at radius 2 is 1.15 bits per heavy atom. The Labute approximate surface area is 314 Å². The molecule has 1 aliphatic heterocycles. The Morgan fingerprint density at radius 3 is 1.89 bits per heavy atom. The van der Waals surface area contributed by atoms with Crippen molar-refractivity contribution in [2.24, 2.45) is 0 Å². The van der Waals surface area contributed by atoms with Crippen LogP contribution in [-0.4, -0.2) is 10.5 Å². The topological polar surface area (TPSA) is 50.6 Å². The number of hydrogen-bond acceptors (Lipinski definition) is 3. The van der Waals surface area contributed by atoms with Gasteiger partial charge in [-0.05, 0) is 129 Å². The van der Waals surface area contributed by atoms with Gasteiger partial charge >= 0.3 is 0 Å². The summed E-state index contributed by atoms with van der Waals surface area (Å²) in [6.45, 7) is 0. The third-order valence-electron chi connectivity index (χ3n) is 12.2. The monoisotopic (exact) mass is 700 g/mol. The van der Waals surface area contributed by atoms with Crippen LogP contribution in [0.1, 0.15) is 17.0 Å². The lowest BCUT2D eigenvalue weighted by Crippen LogP contribution is -2.15. The van der Waals surface area contributed by atoms with E-state index in [0.717, 1.165) is 76.9 Å². The molecule has 254 valence electrons. The zero-order valence-corrected chi connectivity index (χ0v) is 29.4. The summed E-state index contributed by atoms with van der Waals surface area (Å²) in [5.74, 6) is 1.22. The molecule has 0 amide bonds. The number of allylic oxidation sites excluding steroid dienone is 2. The van der Waals surface area contributed by atoms with Crippen LogP contribution in [0.2, 0.25) is 0 Å². The predicted octanol–water partition coefficient (Wildman–Crippen LogP) is 13.2. The standard InChI is InChI=1S/C51H28N2O2/c52-27-28-17-43-39-21-33-11-9-29(31-13-15-49-41(23-31)37-5-1-3-7-47(37)54-49)19-35(33)25-45(39)53-46-26-36-20-30(10-12-34(36)22-40(46)44(18-28)51(43)53)32-14-16-50-42(24-32)38-6-2-4-8-48(38)55-50/h1-26,37,47H. The van der Waals surface area contributed by atoms with Gasteiger partial charge in [-0.15, -0.1) is 0 Å². The van der Waals surface area contributed by atoms with Crippen molar-refractivity contribution >= 4 is 81.6 Å². The second kappa shape index (κ2) is 10.4. The first-order chi connectivity index (χ1) is 27.1. The van der Waals surface area contributed by atoms with E-state index < -0.39 is 0 Å². The molecule has 11 aromatic rings. The molecule has 4 heterocycles. The van der Waals surface area contributed by atoms with Crippen molar-refractivity contribution < 1.29 is 9.15 Å². The first-order valence-corrected chi connectivity index (χ1v) is 18.8. The number of nitrogens with zero attached hydrogens (tertiary/aromatic N) is 2. The van der Waals surface area contributed by atoms with E-state index in [2.05, 4.69) is 156 Å². The number of aromatic nitrogens is 1. The summed E-state index contributed by atoms with van der Waals surface area (Å²) in [6.07, 6.45) is 8.65. The van der Waals surface area contributed by atoms with E-state index in [1.54, 1.807) is 0 Å². The molecule has 0 N–H and O–H groups in total. The summed E-state index contributed by atoms with van der Waals surface area (Å²) < 4.78 is 14.8.